The monoisotopic (exact) mass is 328 g/mol. The number of ether oxygens (including phenoxy) is 1. The van der Waals surface area contributed by atoms with Gasteiger partial charge in [0.2, 0.25) is 0 Å². The summed E-state index contributed by atoms with van der Waals surface area (Å²) in [6.45, 7) is 1.69. The molecule has 0 spiro atoms. The maximum absolute atomic E-state index is 12.0. The van der Waals surface area contributed by atoms with E-state index in [0.717, 1.165) is 0 Å². The molecule has 112 valence electrons. The van der Waals surface area contributed by atoms with Gasteiger partial charge in [0, 0.05) is 12.7 Å². The molecule has 1 heterocycles. The van der Waals surface area contributed by atoms with Crippen LogP contribution in [0.15, 0.2) is 29.5 Å². The summed E-state index contributed by atoms with van der Waals surface area (Å²) in [6, 6.07) is 4.01. The smallest absolute Gasteiger partial charge is 0.337 e. The molecule has 7 heteroatoms. The number of carbonyl (C=O) groups excluding carboxylic acids is 2. The van der Waals surface area contributed by atoms with Crippen LogP contribution in [0.1, 0.15) is 18.5 Å². The molecular weight excluding hydrogens is 315 g/mol. The van der Waals surface area contributed by atoms with Crippen LogP contribution in [0.3, 0.4) is 0 Å². The standard InChI is InChI=1S/C14H14Cl2N2O3/c1-7-11(13(19)21-3)12(17-14(20)18(7)2)8-4-5-9(15)10(16)6-8/h4-6,12H,1-3H3,(H,17,20). The highest BCUT2D eigenvalue weighted by atomic mass is 35.5. The summed E-state index contributed by atoms with van der Waals surface area (Å²) < 4.78 is 4.82. The maximum Gasteiger partial charge on any atom is 0.337 e. The van der Waals surface area contributed by atoms with Crippen molar-refractivity contribution in [3.63, 3.8) is 0 Å². The molecule has 1 atom stereocenters. The van der Waals surface area contributed by atoms with Crippen molar-refractivity contribution in [2.45, 2.75) is 13.0 Å². The van der Waals surface area contributed by atoms with Gasteiger partial charge in [-0.05, 0) is 24.6 Å². The minimum Gasteiger partial charge on any atom is -0.466 e. The molecular formula is C14H14Cl2N2O3. The Labute approximate surface area is 132 Å². The Morgan fingerprint density at radius 3 is 2.57 bits per heavy atom. The van der Waals surface area contributed by atoms with Crippen LogP contribution < -0.4 is 5.32 Å². The van der Waals surface area contributed by atoms with Crippen LogP contribution in [-0.2, 0) is 9.53 Å². The summed E-state index contributed by atoms with van der Waals surface area (Å²) >= 11 is 11.9. The van der Waals surface area contributed by atoms with Gasteiger partial charge in [-0.25, -0.2) is 9.59 Å². The molecule has 21 heavy (non-hydrogen) atoms. The van der Waals surface area contributed by atoms with Crippen molar-refractivity contribution >= 4 is 35.2 Å². The van der Waals surface area contributed by atoms with Gasteiger partial charge in [-0.1, -0.05) is 29.3 Å². The normalized spacial score (nSPS) is 18.6. The summed E-state index contributed by atoms with van der Waals surface area (Å²) in [6.07, 6.45) is 0. The highest BCUT2D eigenvalue weighted by molar-refractivity contribution is 6.42. The fourth-order valence-electron chi connectivity index (χ4n) is 2.15. The van der Waals surface area contributed by atoms with Crippen LogP contribution in [0.5, 0.6) is 0 Å². The molecule has 1 N–H and O–H groups in total. The average Bonchev–Trinajstić information content (AvgIpc) is 2.46. The number of methoxy groups -OCH3 is 1. The van der Waals surface area contributed by atoms with E-state index >= 15 is 0 Å². The molecule has 1 aliphatic rings. The second-order valence-electron chi connectivity index (χ2n) is 4.61. The lowest BCUT2D eigenvalue weighted by Gasteiger charge is -2.33. The molecule has 5 nitrogen and oxygen atoms in total. The zero-order valence-electron chi connectivity index (χ0n) is 11.7. The number of nitrogens with one attached hydrogen (secondary N) is 1. The van der Waals surface area contributed by atoms with Gasteiger partial charge < -0.3 is 15.0 Å². The van der Waals surface area contributed by atoms with E-state index in [4.69, 9.17) is 27.9 Å². The van der Waals surface area contributed by atoms with Crippen LogP contribution in [0, 0.1) is 0 Å². The SMILES string of the molecule is COC(=O)C1=C(C)N(C)C(=O)NC1c1ccc(Cl)c(Cl)c1. The molecule has 0 fully saturated rings. The van der Waals surface area contributed by atoms with E-state index in [-0.39, 0.29) is 6.03 Å². The van der Waals surface area contributed by atoms with Crippen molar-refractivity contribution < 1.29 is 14.3 Å². The Morgan fingerprint density at radius 2 is 2.00 bits per heavy atom. The number of carbonyl (C=O) groups is 2. The van der Waals surface area contributed by atoms with Crippen molar-refractivity contribution in [3.8, 4) is 0 Å². The number of amides is 2. The minimum atomic E-state index is -0.629. The first kappa shape index (κ1) is 15.7. The predicted octanol–water partition coefficient (Wildman–Crippen LogP) is 3.14. The first-order chi connectivity index (χ1) is 9.86. The number of esters is 1. The minimum absolute atomic E-state index is 0.309. The van der Waals surface area contributed by atoms with Crippen molar-refractivity contribution in [1.82, 2.24) is 10.2 Å². The largest absolute Gasteiger partial charge is 0.466 e. The fourth-order valence-corrected chi connectivity index (χ4v) is 2.46. The zero-order valence-corrected chi connectivity index (χ0v) is 13.2. The first-order valence-corrected chi connectivity index (χ1v) is 6.90. The number of rotatable bonds is 2. The summed E-state index contributed by atoms with van der Waals surface area (Å²) in [4.78, 5) is 25.4. The zero-order chi connectivity index (χ0) is 15.7. The molecule has 2 rings (SSSR count). The molecule has 2 amide bonds. The van der Waals surface area contributed by atoms with Crippen molar-refractivity contribution in [2.24, 2.45) is 0 Å². The number of allylic oxidation sites excluding steroid dienone is 1. The van der Waals surface area contributed by atoms with E-state index in [9.17, 15) is 9.59 Å². The third-order valence-corrected chi connectivity index (χ3v) is 4.18. The number of hydrogen-bond acceptors (Lipinski definition) is 3. The lowest BCUT2D eigenvalue weighted by atomic mass is 9.95. The molecule has 0 aliphatic carbocycles. The van der Waals surface area contributed by atoms with E-state index in [1.54, 1.807) is 32.2 Å². The Balaban J connectivity index is 2.56. The van der Waals surface area contributed by atoms with Gasteiger partial charge in [-0.15, -0.1) is 0 Å². The molecule has 0 saturated carbocycles. The van der Waals surface area contributed by atoms with Crippen LogP contribution in [0.2, 0.25) is 10.0 Å². The van der Waals surface area contributed by atoms with E-state index in [0.29, 0.717) is 26.9 Å². The quantitative estimate of drug-likeness (QED) is 0.848. The van der Waals surface area contributed by atoms with Gasteiger partial charge in [-0.3, -0.25) is 0 Å². The number of hydrogen-bond donors (Lipinski definition) is 1. The van der Waals surface area contributed by atoms with E-state index in [1.165, 1.54) is 12.0 Å². The summed E-state index contributed by atoms with van der Waals surface area (Å²) in [7, 11) is 2.88. The Morgan fingerprint density at radius 1 is 1.33 bits per heavy atom. The van der Waals surface area contributed by atoms with Gasteiger partial charge in [0.25, 0.3) is 0 Å². The van der Waals surface area contributed by atoms with Crippen LogP contribution >= 0.6 is 23.2 Å². The third-order valence-electron chi connectivity index (χ3n) is 3.44. The van der Waals surface area contributed by atoms with Crippen LogP contribution in [0.4, 0.5) is 4.79 Å². The molecule has 0 saturated heterocycles. The first-order valence-electron chi connectivity index (χ1n) is 6.15. The summed E-state index contributed by atoms with van der Waals surface area (Å²) in [5.74, 6) is -0.504. The fraction of sp³-hybridized carbons (Fsp3) is 0.286. The number of halogens is 2. The predicted molar refractivity (Wildman–Crippen MR) is 80.2 cm³/mol. The Bertz CT molecular complexity index is 643. The summed E-state index contributed by atoms with van der Waals surface area (Å²) in [5, 5.41) is 3.51. The van der Waals surface area contributed by atoms with Gasteiger partial charge in [0.15, 0.2) is 0 Å². The van der Waals surface area contributed by atoms with E-state index < -0.39 is 12.0 Å². The van der Waals surface area contributed by atoms with Crippen molar-refractivity contribution in [2.75, 3.05) is 14.2 Å². The highest BCUT2D eigenvalue weighted by Gasteiger charge is 2.34. The molecule has 1 aliphatic heterocycles. The molecule has 0 bridgehead atoms. The Kier molecular flexibility index (Phi) is 4.44. The third kappa shape index (κ3) is 2.84. The van der Waals surface area contributed by atoms with Gasteiger partial charge in [0.1, 0.15) is 0 Å². The molecule has 1 unspecified atom stereocenters. The molecule has 0 radical (unpaired) electrons. The second kappa shape index (κ2) is 5.95. The lowest BCUT2D eigenvalue weighted by Crippen LogP contribution is -2.46. The highest BCUT2D eigenvalue weighted by Crippen LogP contribution is 2.33. The maximum atomic E-state index is 12.0. The second-order valence-corrected chi connectivity index (χ2v) is 5.42. The lowest BCUT2D eigenvalue weighted by molar-refractivity contribution is -0.136. The summed E-state index contributed by atoms with van der Waals surface area (Å²) in [5.41, 5.74) is 1.55. The van der Waals surface area contributed by atoms with Gasteiger partial charge in [0.05, 0.1) is 28.8 Å². The number of urea groups is 1. The molecule has 1 aromatic rings. The van der Waals surface area contributed by atoms with Crippen LogP contribution in [-0.4, -0.2) is 31.1 Å². The van der Waals surface area contributed by atoms with E-state index in [2.05, 4.69) is 5.32 Å². The Hall–Kier alpha value is -1.72. The van der Waals surface area contributed by atoms with E-state index in [1.807, 2.05) is 0 Å². The van der Waals surface area contributed by atoms with Gasteiger partial charge in [-0.2, -0.15) is 0 Å². The van der Waals surface area contributed by atoms with Crippen molar-refractivity contribution in [3.05, 3.63) is 45.1 Å². The van der Waals surface area contributed by atoms with Crippen LogP contribution in [0.25, 0.3) is 0 Å². The number of benzene rings is 1. The average molecular weight is 329 g/mol. The topological polar surface area (TPSA) is 58.6 Å². The molecule has 1 aromatic carbocycles. The van der Waals surface area contributed by atoms with Gasteiger partial charge >= 0.3 is 12.0 Å². The molecule has 0 aromatic heterocycles. The number of nitrogens with zero attached hydrogens (tertiary/aromatic N) is 1. The van der Waals surface area contributed by atoms with Crippen molar-refractivity contribution in [1.29, 1.82) is 0 Å².